The molecule has 0 saturated heterocycles. The summed E-state index contributed by atoms with van der Waals surface area (Å²) < 4.78 is 2.36. The predicted octanol–water partition coefficient (Wildman–Crippen LogP) is 3.03. The van der Waals surface area contributed by atoms with E-state index in [0.29, 0.717) is 0 Å². The van der Waals surface area contributed by atoms with Crippen molar-refractivity contribution in [2.45, 2.75) is 6.92 Å². The maximum Gasteiger partial charge on any atom is 0.331 e. The van der Waals surface area contributed by atoms with Crippen LogP contribution in [0.25, 0.3) is 0 Å². The summed E-state index contributed by atoms with van der Waals surface area (Å²) in [4.78, 5) is 15.6. The summed E-state index contributed by atoms with van der Waals surface area (Å²) in [5.74, 6) is 0. The molecule has 0 atom stereocenters. The molecule has 2 aromatic rings. The Balaban J connectivity index is 2.22. The lowest BCUT2D eigenvalue weighted by Crippen LogP contribution is -2.18. The van der Waals surface area contributed by atoms with E-state index in [1.165, 1.54) is 10.9 Å². The van der Waals surface area contributed by atoms with Crippen LogP contribution in [0.1, 0.15) is 5.56 Å². The number of carbonyl (C=O) groups excluding carboxylic acids is 1. The van der Waals surface area contributed by atoms with Crippen LogP contribution < -0.4 is 5.32 Å². The van der Waals surface area contributed by atoms with Gasteiger partial charge in [0.1, 0.15) is 6.33 Å². The highest BCUT2D eigenvalue weighted by atomic mass is 79.9. The van der Waals surface area contributed by atoms with Gasteiger partial charge in [-0.1, -0.05) is 22.0 Å². The SMILES string of the molecule is Cc1c(Br)cccc1NC(=O)n1ccnc1. The summed E-state index contributed by atoms with van der Waals surface area (Å²) in [6, 6.07) is 5.44. The monoisotopic (exact) mass is 279 g/mol. The van der Waals surface area contributed by atoms with Gasteiger partial charge in [-0.2, -0.15) is 0 Å². The topological polar surface area (TPSA) is 46.9 Å². The van der Waals surface area contributed by atoms with Crippen LogP contribution in [0.2, 0.25) is 0 Å². The second-order valence-electron chi connectivity index (χ2n) is 3.31. The molecule has 0 aliphatic carbocycles. The first kappa shape index (κ1) is 10.9. The summed E-state index contributed by atoms with van der Waals surface area (Å²) in [5, 5.41) is 2.81. The summed E-state index contributed by atoms with van der Waals surface area (Å²) in [6.45, 7) is 1.94. The summed E-state index contributed by atoms with van der Waals surface area (Å²) in [7, 11) is 0. The standard InChI is InChI=1S/C11H10BrN3O/c1-8-9(12)3-2-4-10(8)14-11(16)15-6-5-13-7-15/h2-7H,1H3,(H,14,16). The zero-order chi connectivity index (χ0) is 11.5. The number of nitrogens with zero attached hydrogens (tertiary/aromatic N) is 2. The first-order valence-electron chi connectivity index (χ1n) is 4.73. The first-order chi connectivity index (χ1) is 7.68. The molecular weight excluding hydrogens is 270 g/mol. The van der Waals surface area contributed by atoms with Crippen molar-refractivity contribution >= 4 is 27.6 Å². The summed E-state index contributed by atoms with van der Waals surface area (Å²) in [6.07, 6.45) is 4.62. The van der Waals surface area contributed by atoms with E-state index < -0.39 is 0 Å². The van der Waals surface area contributed by atoms with Crippen LogP contribution in [0, 0.1) is 6.92 Å². The van der Waals surface area contributed by atoms with E-state index in [1.54, 1.807) is 12.4 Å². The Morgan fingerprint density at radius 3 is 3.00 bits per heavy atom. The second kappa shape index (κ2) is 4.49. The van der Waals surface area contributed by atoms with Gasteiger partial charge in [0.2, 0.25) is 0 Å². The largest absolute Gasteiger partial charge is 0.331 e. The molecule has 5 heteroatoms. The van der Waals surface area contributed by atoms with Crippen molar-refractivity contribution in [3.63, 3.8) is 0 Å². The molecule has 0 radical (unpaired) electrons. The molecule has 82 valence electrons. The van der Waals surface area contributed by atoms with Crippen LogP contribution in [0.5, 0.6) is 0 Å². The Morgan fingerprint density at radius 1 is 1.50 bits per heavy atom. The molecule has 0 saturated carbocycles. The van der Waals surface area contributed by atoms with Gasteiger partial charge in [-0.15, -0.1) is 0 Å². The molecule has 0 aliphatic rings. The van der Waals surface area contributed by atoms with Crippen molar-refractivity contribution in [1.82, 2.24) is 9.55 Å². The maximum absolute atomic E-state index is 11.7. The van der Waals surface area contributed by atoms with Crippen LogP contribution >= 0.6 is 15.9 Å². The Kier molecular flexibility index (Phi) is 3.05. The molecule has 1 heterocycles. The molecular formula is C11H10BrN3O. The van der Waals surface area contributed by atoms with Crippen molar-refractivity contribution < 1.29 is 4.79 Å². The molecule has 1 aromatic heterocycles. The van der Waals surface area contributed by atoms with Gasteiger partial charge < -0.3 is 5.32 Å². The molecule has 1 amide bonds. The smallest absolute Gasteiger partial charge is 0.307 e. The predicted molar refractivity (Wildman–Crippen MR) is 65.5 cm³/mol. The minimum absolute atomic E-state index is 0.223. The summed E-state index contributed by atoms with van der Waals surface area (Å²) in [5.41, 5.74) is 1.78. The van der Waals surface area contributed by atoms with Gasteiger partial charge in [0, 0.05) is 22.6 Å². The molecule has 1 N–H and O–H groups in total. The second-order valence-corrected chi connectivity index (χ2v) is 4.17. The third kappa shape index (κ3) is 2.14. The molecule has 4 nitrogen and oxygen atoms in total. The van der Waals surface area contributed by atoms with E-state index in [9.17, 15) is 4.79 Å². The first-order valence-corrected chi connectivity index (χ1v) is 5.52. The van der Waals surface area contributed by atoms with Gasteiger partial charge in [-0.25, -0.2) is 9.78 Å². The zero-order valence-electron chi connectivity index (χ0n) is 8.64. The highest BCUT2D eigenvalue weighted by molar-refractivity contribution is 9.10. The lowest BCUT2D eigenvalue weighted by Gasteiger charge is -2.09. The van der Waals surface area contributed by atoms with E-state index in [-0.39, 0.29) is 6.03 Å². The van der Waals surface area contributed by atoms with Crippen molar-refractivity contribution in [3.05, 3.63) is 47.0 Å². The fourth-order valence-electron chi connectivity index (χ4n) is 1.30. The molecule has 2 rings (SSSR count). The van der Waals surface area contributed by atoms with E-state index in [1.807, 2.05) is 25.1 Å². The van der Waals surface area contributed by atoms with Crippen molar-refractivity contribution in [1.29, 1.82) is 0 Å². The van der Waals surface area contributed by atoms with Crippen LogP contribution in [-0.4, -0.2) is 15.6 Å². The van der Waals surface area contributed by atoms with E-state index in [2.05, 4.69) is 26.2 Å². The van der Waals surface area contributed by atoms with Gasteiger partial charge in [0.25, 0.3) is 0 Å². The third-order valence-corrected chi connectivity index (χ3v) is 3.11. The number of carbonyl (C=O) groups is 1. The van der Waals surface area contributed by atoms with Gasteiger partial charge >= 0.3 is 6.03 Å². The van der Waals surface area contributed by atoms with Crippen LogP contribution in [0.15, 0.2) is 41.4 Å². The Morgan fingerprint density at radius 2 is 2.31 bits per heavy atom. The van der Waals surface area contributed by atoms with Gasteiger partial charge in [0.15, 0.2) is 0 Å². The average Bonchev–Trinajstić information content (AvgIpc) is 2.78. The number of imidazole rings is 1. The Hall–Kier alpha value is -1.62. The molecule has 16 heavy (non-hydrogen) atoms. The number of aromatic nitrogens is 2. The minimum atomic E-state index is -0.223. The lowest BCUT2D eigenvalue weighted by molar-refractivity contribution is 0.253. The number of anilines is 1. The number of halogens is 1. The molecule has 1 aromatic carbocycles. The van der Waals surface area contributed by atoms with Gasteiger partial charge in [0.05, 0.1) is 0 Å². The highest BCUT2D eigenvalue weighted by Gasteiger charge is 2.07. The molecule has 0 unspecified atom stereocenters. The lowest BCUT2D eigenvalue weighted by atomic mass is 10.2. The van der Waals surface area contributed by atoms with E-state index in [4.69, 9.17) is 0 Å². The van der Waals surface area contributed by atoms with Crippen LogP contribution in [0.4, 0.5) is 10.5 Å². The Labute approximate surface area is 101 Å². The summed E-state index contributed by atoms with van der Waals surface area (Å²) >= 11 is 3.41. The Bertz CT molecular complexity index is 508. The number of hydrogen-bond donors (Lipinski definition) is 1. The van der Waals surface area contributed by atoms with E-state index >= 15 is 0 Å². The van der Waals surface area contributed by atoms with Gasteiger partial charge in [-0.3, -0.25) is 4.57 Å². The number of hydrogen-bond acceptors (Lipinski definition) is 2. The fourth-order valence-corrected chi connectivity index (χ4v) is 1.67. The van der Waals surface area contributed by atoms with Gasteiger partial charge in [-0.05, 0) is 24.6 Å². The molecule has 0 bridgehead atoms. The van der Waals surface area contributed by atoms with Crippen molar-refractivity contribution in [2.75, 3.05) is 5.32 Å². The number of amides is 1. The normalized spacial score (nSPS) is 10.1. The van der Waals surface area contributed by atoms with E-state index in [0.717, 1.165) is 15.7 Å². The molecule has 0 fully saturated rings. The quantitative estimate of drug-likeness (QED) is 0.872. The van der Waals surface area contributed by atoms with Crippen LogP contribution in [0.3, 0.4) is 0 Å². The number of nitrogens with one attached hydrogen (secondary N) is 1. The highest BCUT2D eigenvalue weighted by Crippen LogP contribution is 2.23. The number of benzene rings is 1. The average molecular weight is 280 g/mol. The minimum Gasteiger partial charge on any atom is -0.307 e. The van der Waals surface area contributed by atoms with Crippen molar-refractivity contribution in [2.24, 2.45) is 0 Å². The van der Waals surface area contributed by atoms with Crippen molar-refractivity contribution in [3.8, 4) is 0 Å². The third-order valence-electron chi connectivity index (χ3n) is 2.25. The number of rotatable bonds is 1. The fraction of sp³-hybridized carbons (Fsp3) is 0.0909. The van der Waals surface area contributed by atoms with Crippen LogP contribution in [-0.2, 0) is 0 Å². The maximum atomic E-state index is 11.7. The molecule has 0 aliphatic heterocycles. The molecule has 0 spiro atoms. The zero-order valence-corrected chi connectivity index (χ0v) is 10.2.